The van der Waals surface area contributed by atoms with Crippen molar-refractivity contribution in [3.8, 4) is 5.75 Å². The molecule has 1 aromatic heterocycles. The number of hydrogen-bond acceptors (Lipinski definition) is 6. The summed E-state index contributed by atoms with van der Waals surface area (Å²) >= 11 is 7.14. The molecule has 3 rings (SSSR count). The highest BCUT2D eigenvalue weighted by Crippen LogP contribution is 2.19. The molecule has 1 amide bonds. The third-order valence-electron chi connectivity index (χ3n) is 3.50. The summed E-state index contributed by atoms with van der Waals surface area (Å²) in [6, 6.07) is 12.9. The van der Waals surface area contributed by atoms with Crippen LogP contribution in [0, 0.1) is 0 Å². The number of nitrogens with one attached hydrogen (secondary N) is 1. The zero-order valence-corrected chi connectivity index (χ0v) is 16.6. The Kier molecular flexibility index (Phi) is 5.79. The van der Waals surface area contributed by atoms with Gasteiger partial charge < -0.3 is 10.1 Å². The van der Waals surface area contributed by atoms with Gasteiger partial charge in [-0.2, -0.15) is 0 Å². The van der Waals surface area contributed by atoms with Crippen molar-refractivity contribution in [2.24, 2.45) is 0 Å². The van der Waals surface area contributed by atoms with Gasteiger partial charge in [0.2, 0.25) is 0 Å². The number of hydrogen-bond donors (Lipinski definition) is 1. The van der Waals surface area contributed by atoms with Gasteiger partial charge in [0.1, 0.15) is 23.1 Å². The molecular weight excluding hydrogens is 408 g/mol. The molecule has 6 nitrogen and oxygen atoms in total. The number of rotatable bonds is 6. The molecule has 0 aliphatic rings. The number of carbonyl (C=O) groups excluding carboxylic acids is 1. The lowest BCUT2D eigenvalue weighted by Gasteiger charge is -2.05. The molecule has 2 aromatic carbocycles. The zero-order chi connectivity index (χ0) is 19.4. The quantitative estimate of drug-likeness (QED) is 0.648. The lowest BCUT2D eigenvalue weighted by molar-refractivity contribution is 0.102. The van der Waals surface area contributed by atoms with Crippen molar-refractivity contribution in [2.45, 2.75) is 11.5 Å². The van der Waals surface area contributed by atoms with E-state index in [1.807, 2.05) is 0 Å². The molecule has 9 heteroatoms. The maximum absolute atomic E-state index is 12.3. The Morgan fingerprint density at radius 2 is 1.81 bits per heavy atom. The molecule has 1 N–H and O–H groups in total. The zero-order valence-electron chi connectivity index (χ0n) is 14.2. The van der Waals surface area contributed by atoms with Gasteiger partial charge in [0.25, 0.3) is 5.91 Å². The normalized spacial score (nSPS) is 11.2. The smallest absolute Gasteiger partial charge is 0.275 e. The van der Waals surface area contributed by atoms with Crippen LogP contribution in [0.3, 0.4) is 0 Å². The number of thiazole rings is 1. The number of nitrogens with zero attached hydrogens (tertiary/aromatic N) is 1. The van der Waals surface area contributed by atoms with Crippen LogP contribution >= 0.6 is 22.9 Å². The fraction of sp³-hybridized carbons (Fsp3) is 0.111. The molecule has 140 valence electrons. The molecule has 0 saturated carbocycles. The van der Waals surface area contributed by atoms with Crippen LogP contribution in [0.15, 0.2) is 58.8 Å². The van der Waals surface area contributed by atoms with Crippen LogP contribution in [0.2, 0.25) is 5.02 Å². The average Bonchev–Trinajstić information content (AvgIpc) is 3.10. The number of anilines is 1. The summed E-state index contributed by atoms with van der Waals surface area (Å²) < 4.78 is 28.5. The van der Waals surface area contributed by atoms with E-state index in [4.69, 9.17) is 16.3 Å². The van der Waals surface area contributed by atoms with Gasteiger partial charge >= 0.3 is 0 Å². The van der Waals surface area contributed by atoms with Crippen LogP contribution in [0.25, 0.3) is 0 Å². The van der Waals surface area contributed by atoms with Crippen molar-refractivity contribution >= 4 is 44.4 Å². The highest BCUT2D eigenvalue weighted by Gasteiger charge is 2.12. The lowest BCUT2D eigenvalue weighted by Crippen LogP contribution is -2.12. The summed E-state index contributed by atoms with van der Waals surface area (Å²) in [6.07, 6.45) is 1.13. The minimum Gasteiger partial charge on any atom is -0.486 e. The number of aromatic nitrogens is 1. The van der Waals surface area contributed by atoms with Crippen molar-refractivity contribution in [2.75, 3.05) is 11.6 Å². The fourth-order valence-electron chi connectivity index (χ4n) is 2.14. The number of benzene rings is 2. The third kappa shape index (κ3) is 5.29. The Morgan fingerprint density at radius 3 is 2.44 bits per heavy atom. The molecule has 0 atom stereocenters. The van der Waals surface area contributed by atoms with E-state index in [0.29, 0.717) is 21.5 Å². The van der Waals surface area contributed by atoms with E-state index in [9.17, 15) is 13.2 Å². The van der Waals surface area contributed by atoms with Crippen LogP contribution < -0.4 is 10.1 Å². The van der Waals surface area contributed by atoms with Crippen molar-refractivity contribution in [3.63, 3.8) is 0 Å². The Balaban J connectivity index is 1.60. The first-order chi connectivity index (χ1) is 12.8. The predicted octanol–water partition coefficient (Wildman–Crippen LogP) is 4.03. The molecule has 3 aromatic rings. The molecule has 0 aliphatic carbocycles. The molecule has 0 saturated heterocycles. The van der Waals surface area contributed by atoms with Gasteiger partial charge in [0, 0.05) is 22.3 Å². The van der Waals surface area contributed by atoms with Gasteiger partial charge in [-0.15, -0.1) is 11.3 Å². The Morgan fingerprint density at radius 1 is 1.15 bits per heavy atom. The van der Waals surface area contributed by atoms with Gasteiger partial charge in [0.05, 0.1) is 4.90 Å². The molecule has 1 heterocycles. The first-order valence-electron chi connectivity index (χ1n) is 7.75. The molecule has 0 radical (unpaired) electrons. The van der Waals surface area contributed by atoms with Crippen LogP contribution in [0.4, 0.5) is 5.69 Å². The molecule has 0 unspecified atom stereocenters. The second-order valence-electron chi connectivity index (χ2n) is 5.62. The van der Waals surface area contributed by atoms with E-state index in [2.05, 4.69) is 10.3 Å². The highest BCUT2D eigenvalue weighted by molar-refractivity contribution is 7.90. The number of carbonyl (C=O) groups is 1. The molecule has 0 aliphatic heterocycles. The monoisotopic (exact) mass is 422 g/mol. The van der Waals surface area contributed by atoms with Crippen molar-refractivity contribution in [1.29, 1.82) is 0 Å². The maximum Gasteiger partial charge on any atom is 0.275 e. The first-order valence-corrected chi connectivity index (χ1v) is 10.9. The highest BCUT2D eigenvalue weighted by atomic mass is 35.5. The summed E-state index contributed by atoms with van der Waals surface area (Å²) in [4.78, 5) is 16.7. The van der Waals surface area contributed by atoms with Crippen LogP contribution in [0.1, 0.15) is 15.5 Å². The Hall–Kier alpha value is -2.42. The van der Waals surface area contributed by atoms with Crippen molar-refractivity contribution in [3.05, 3.63) is 69.6 Å². The first kappa shape index (κ1) is 19.3. The summed E-state index contributed by atoms with van der Waals surface area (Å²) in [7, 11) is -3.27. The summed E-state index contributed by atoms with van der Waals surface area (Å²) in [6.45, 7) is 0.239. The molecule has 0 fully saturated rings. The number of ether oxygens (including phenoxy) is 1. The van der Waals surface area contributed by atoms with Gasteiger partial charge in [0.15, 0.2) is 9.84 Å². The standard InChI is InChI=1S/C18H15ClN2O4S2/c1-27(23,24)15-8-4-13(5-9-15)20-18(22)16-11-26-17(21-16)10-25-14-6-2-12(19)3-7-14/h2-9,11H,10H2,1H3,(H,20,22). The van der Waals surface area contributed by atoms with Crippen molar-refractivity contribution in [1.82, 2.24) is 4.98 Å². The van der Waals surface area contributed by atoms with Gasteiger partial charge in [-0.3, -0.25) is 4.79 Å². The minimum absolute atomic E-state index is 0.191. The fourth-order valence-corrected chi connectivity index (χ4v) is 3.58. The van der Waals surface area contributed by atoms with E-state index in [0.717, 1.165) is 6.26 Å². The van der Waals surface area contributed by atoms with Crippen molar-refractivity contribution < 1.29 is 17.9 Å². The second kappa shape index (κ2) is 8.08. The number of amides is 1. The van der Waals surface area contributed by atoms with E-state index < -0.39 is 9.84 Å². The topological polar surface area (TPSA) is 85.4 Å². The Bertz CT molecular complexity index is 1050. The van der Waals surface area contributed by atoms with Crippen LogP contribution in [-0.2, 0) is 16.4 Å². The molecule has 0 bridgehead atoms. The van der Waals surface area contributed by atoms with E-state index in [1.165, 1.54) is 35.6 Å². The summed E-state index contributed by atoms with van der Waals surface area (Å²) in [5.41, 5.74) is 0.751. The maximum atomic E-state index is 12.3. The number of halogens is 1. The van der Waals surface area contributed by atoms with Gasteiger partial charge in [-0.05, 0) is 48.5 Å². The van der Waals surface area contributed by atoms with Gasteiger partial charge in [-0.25, -0.2) is 13.4 Å². The van der Waals surface area contributed by atoms with Gasteiger partial charge in [-0.1, -0.05) is 11.6 Å². The predicted molar refractivity (Wildman–Crippen MR) is 105 cm³/mol. The Labute approximate surface area is 165 Å². The average molecular weight is 423 g/mol. The van der Waals surface area contributed by atoms with Crippen LogP contribution in [0.5, 0.6) is 5.75 Å². The van der Waals surface area contributed by atoms with E-state index in [1.54, 1.807) is 29.6 Å². The van der Waals surface area contributed by atoms with E-state index >= 15 is 0 Å². The number of sulfone groups is 1. The summed E-state index contributed by atoms with van der Waals surface area (Å²) in [5.74, 6) is 0.280. The van der Waals surface area contributed by atoms with Crippen LogP contribution in [-0.4, -0.2) is 25.6 Å². The lowest BCUT2D eigenvalue weighted by atomic mass is 10.3. The largest absolute Gasteiger partial charge is 0.486 e. The summed E-state index contributed by atoms with van der Waals surface area (Å²) in [5, 5.41) is 5.61. The second-order valence-corrected chi connectivity index (χ2v) is 9.01. The molecule has 27 heavy (non-hydrogen) atoms. The molecule has 0 spiro atoms. The SMILES string of the molecule is CS(=O)(=O)c1ccc(NC(=O)c2csc(COc3ccc(Cl)cc3)n2)cc1. The van der Waals surface area contributed by atoms with E-state index in [-0.39, 0.29) is 23.1 Å². The minimum atomic E-state index is -3.27. The molecular formula is C18H15ClN2O4S2. The third-order valence-corrected chi connectivity index (χ3v) is 5.70.